The van der Waals surface area contributed by atoms with Crippen LogP contribution in [0, 0.1) is 0 Å². The third kappa shape index (κ3) is 4.67. The van der Waals surface area contributed by atoms with Gasteiger partial charge < -0.3 is 10.0 Å². The van der Waals surface area contributed by atoms with Crippen LogP contribution < -0.4 is 4.90 Å². The zero-order valence-corrected chi connectivity index (χ0v) is 18.9. The Bertz CT molecular complexity index is 1090. The van der Waals surface area contributed by atoms with Gasteiger partial charge in [-0.3, -0.25) is 4.90 Å². The summed E-state index contributed by atoms with van der Waals surface area (Å²) in [5, 5.41) is 9.29. The topological polar surface area (TPSA) is 43.8 Å². The van der Waals surface area contributed by atoms with Crippen molar-refractivity contribution in [1.82, 2.24) is 4.90 Å². The molecule has 3 aromatic carbocycles. The van der Waals surface area contributed by atoms with E-state index in [-0.39, 0.29) is 12.4 Å². The first-order chi connectivity index (χ1) is 15.2. The average molecular weight is 449 g/mol. The van der Waals surface area contributed by atoms with Crippen molar-refractivity contribution < 1.29 is 9.90 Å². The number of aryl methyl sites for hydroxylation is 1. The maximum Gasteiger partial charge on any atom is 0.335 e. The molecule has 5 heteroatoms. The first-order valence-corrected chi connectivity index (χ1v) is 11.1. The molecule has 1 fully saturated rings. The number of piperazine rings is 1. The Labute approximate surface area is 195 Å². The van der Waals surface area contributed by atoms with Gasteiger partial charge in [0.25, 0.3) is 0 Å². The quantitative estimate of drug-likeness (QED) is 0.594. The number of hydrogen-bond donors (Lipinski definition) is 1. The molecule has 4 nitrogen and oxygen atoms in total. The van der Waals surface area contributed by atoms with Crippen LogP contribution in [-0.2, 0) is 19.4 Å². The Morgan fingerprint density at radius 3 is 2.47 bits per heavy atom. The summed E-state index contributed by atoms with van der Waals surface area (Å²) in [5.41, 5.74) is 6.98. The van der Waals surface area contributed by atoms with E-state index in [1.807, 2.05) is 12.1 Å². The van der Waals surface area contributed by atoms with Gasteiger partial charge in [-0.1, -0.05) is 54.6 Å². The van der Waals surface area contributed by atoms with E-state index in [2.05, 4.69) is 64.4 Å². The van der Waals surface area contributed by atoms with Crippen molar-refractivity contribution in [2.75, 3.05) is 24.5 Å². The van der Waals surface area contributed by atoms with E-state index in [1.54, 1.807) is 6.07 Å². The van der Waals surface area contributed by atoms with E-state index in [9.17, 15) is 9.90 Å². The molecule has 166 valence electrons. The number of carboxylic acids is 1. The van der Waals surface area contributed by atoms with Gasteiger partial charge in [0.05, 0.1) is 5.56 Å². The summed E-state index contributed by atoms with van der Waals surface area (Å²) >= 11 is 0. The summed E-state index contributed by atoms with van der Waals surface area (Å²) in [6.07, 6.45) is 3.01. The van der Waals surface area contributed by atoms with Gasteiger partial charge in [0, 0.05) is 37.9 Å². The fraction of sp³-hybridized carbons (Fsp3) is 0.296. The van der Waals surface area contributed by atoms with E-state index in [0.717, 1.165) is 45.4 Å². The van der Waals surface area contributed by atoms with E-state index in [1.165, 1.54) is 27.9 Å². The summed E-state index contributed by atoms with van der Waals surface area (Å²) < 4.78 is 0. The number of nitrogens with zero attached hydrogens (tertiary/aromatic N) is 2. The molecule has 0 bridgehead atoms. The maximum atomic E-state index is 11.3. The van der Waals surface area contributed by atoms with E-state index in [4.69, 9.17) is 0 Å². The lowest BCUT2D eigenvalue weighted by atomic mass is 9.92. The van der Waals surface area contributed by atoms with Crippen molar-refractivity contribution in [2.45, 2.75) is 31.8 Å². The normalized spacial score (nSPS) is 17.8. The SMILES string of the molecule is Cl.O=C(O)c1ccc2c(c1)CC[C@@H]1CN(Cc3ccccc3Cc3ccccc3)CCN21. The largest absolute Gasteiger partial charge is 0.478 e. The lowest BCUT2D eigenvalue weighted by Gasteiger charge is -2.46. The Kier molecular flexibility index (Phi) is 6.83. The van der Waals surface area contributed by atoms with Crippen molar-refractivity contribution in [2.24, 2.45) is 0 Å². The van der Waals surface area contributed by atoms with Crippen molar-refractivity contribution in [3.8, 4) is 0 Å². The molecule has 0 aromatic heterocycles. The summed E-state index contributed by atoms with van der Waals surface area (Å²) in [6.45, 7) is 4.05. The van der Waals surface area contributed by atoms with Crippen molar-refractivity contribution in [1.29, 1.82) is 0 Å². The molecule has 1 saturated heterocycles. The van der Waals surface area contributed by atoms with Gasteiger partial charge in [0.1, 0.15) is 0 Å². The van der Waals surface area contributed by atoms with Gasteiger partial charge in [-0.2, -0.15) is 0 Å². The van der Waals surface area contributed by atoms with Crippen LogP contribution in [0.4, 0.5) is 5.69 Å². The zero-order valence-electron chi connectivity index (χ0n) is 18.1. The van der Waals surface area contributed by atoms with E-state index in [0.29, 0.717) is 11.6 Å². The van der Waals surface area contributed by atoms with E-state index < -0.39 is 5.97 Å². The Balaban J connectivity index is 0.00000245. The van der Waals surface area contributed by atoms with Crippen LogP contribution in [0.5, 0.6) is 0 Å². The second-order valence-corrected chi connectivity index (χ2v) is 8.70. The summed E-state index contributed by atoms with van der Waals surface area (Å²) in [6, 6.07) is 25.6. The highest BCUT2D eigenvalue weighted by Gasteiger charge is 2.32. The lowest BCUT2D eigenvalue weighted by Crippen LogP contribution is -2.54. The smallest absolute Gasteiger partial charge is 0.335 e. The number of halogens is 1. The second-order valence-electron chi connectivity index (χ2n) is 8.70. The molecule has 2 aliphatic heterocycles. The summed E-state index contributed by atoms with van der Waals surface area (Å²) in [4.78, 5) is 16.4. The fourth-order valence-electron chi connectivity index (χ4n) is 5.09. The standard InChI is InChI=1S/C27H28N2O2.ClH/c30-27(31)23-11-13-26-22(17-23)10-12-25-19-28(14-15-29(25)26)18-24-9-5-4-8-21(24)16-20-6-2-1-3-7-20;/h1-9,11,13,17,25H,10,12,14-16,18-19H2,(H,30,31);1H/t25-;/m1./s1. The maximum absolute atomic E-state index is 11.3. The molecule has 0 unspecified atom stereocenters. The molecule has 0 radical (unpaired) electrons. The van der Waals surface area contributed by atoms with Crippen LogP contribution >= 0.6 is 12.4 Å². The molecule has 5 rings (SSSR count). The van der Waals surface area contributed by atoms with E-state index >= 15 is 0 Å². The number of aromatic carboxylic acids is 1. The Hall–Kier alpha value is -2.82. The molecule has 1 N–H and O–H groups in total. The Morgan fingerprint density at radius 2 is 1.69 bits per heavy atom. The number of carbonyl (C=O) groups is 1. The minimum atomic E-state index is -0.844. The molecule has 1 atom stereocenters. The second kappa shape index (κ2) is 9.76. The molecule has 0 spiro atoms. The number of benzene rings is 3. The zero-order chi connectivity index (χ0) is 21.2. The monoisotopic (exact) mass is 448 g/mol. The average Bonchev–Trinajstić information content (AvgIpc) is 2.80. The van der Waals surface area contributed by atoms with Gasteiger partial charge in [-0.05, 0) is 59.7 Å². The van der Waals surface area contributed by atoms with Crippen LogP contribution in [-0.4, -0.2) is 41.7 Å². The predicted molar refractivity (Wildman–Crippen MR) is 131 cm³/mol. The van der Waals surface area contributed by atoms with Gasteiger partial charge >= 0.3 is 5.97 Å². The highest BCUT2D eigenvalue weighted by Crippen LogP contribution is 2.34. The predicted octanol–water partition coefficient (Wildman–Crippen LogP) is 5.03. The van der Waals surface area contributed by atoms with Gasteiger partial charge in [0.15, 0.2) is 0 Å². The van der Waals surface area contributed by atoms with Crippen LogP contribution in [0.25, 0.3) is 0 Å². The van der Waals surface area contributed by atoms with Crippen molar-refractivity contribution in [3.63, 3.8) is 0 Å². The molecule has 0 saturated carbocycles. The number of carboxylic acid groups (broad SMARTS) is 1. The molecule has 3 aromatic rings. The first-order valence-electron chi connectivity index (χ1n) is 11.1. The number of rotatable bonds is 5. The number of anilines is 1. The molecule has 2 aliphatic rings. The number of fused-ring (bicyclic) bond motifs is 3. The highest BCUT2D eigenvalue weighted by molar-refractivity contribution is 5.88. The van der Waals surface area contributed by atoms with Gasteiger partial charge in [-0.15, -0.1) is 12.4 Å². The van der Waals surface area contributed by atoms with Crippen molar-refractivity contribution in [3.05, 3.63) is 101 Å². The van der Waals surface area contributed by atoms with Gasteiger partial charge in [-0.25, -0.2) is 4.79 Å². The van der Waals surface area contributed by atoms with Crippen LogP contribution in [0.1, 0.15) is 39.0 Å². The number of hydrogen-bond acceptors (Lipinski definition) is 3. The molecule has 0 amide bonds. The summed E-state index contributed by atoms with van der Waals surface area (Å²) in [5.74, 6) is -0.844. The van der Waals surface area contributed by atoms with Crippen LogP contribution in [0.15, 0.2) is 72.8 Å². The lowest BCUT2D eigenvalue weighted by molar-refractivity contribution is 0.0696. The molecule has 0 aliphatic carbocycles. The third-order valence-corrected chi connectivity index (χ3v) is 6.70. The van der Waals surface area contributed by atoms with Gasteiger partial charge in [0.2, 0.25) is 0 Å². The van der Waals surface area contributed by atoms with Crippen LogP contribution in [0.2, 0.25) is 0 Å². The highest BCUT2D eigenvalue weighted by atomic mass is 35.5. The molecule has 2 heterocycles. The molecule has 32 heavy (non-hydrogen) atoms. The van der Waals surface area contributed by atoms with Crippen LogP contribution in [0.3, 0.4) is 0 Å². The summed E-state index contributed by atoms with van der Waals surface area (Å²) in [7, 11) is 0. The molecular formula is C27H29ClN2O2. The third-order valence-electron chi connectivity index (χ3n) is 6.70. The fourth-order valence-corrected chi connectivity index (χ4v) is 5.09. The first kappa shape index (κ1) is 22.4. The Morgan fingerprint density at radius 1 is 0.938 bits per heavy atom. The minimum Gasteiger partial charge on any atom is -0.478 e. The van der Waals surface area contributed by atoms with Crippen molar-refractivity contribution >= 4 is 24.1 Å². The minimum absolute atomic E-state index is 0. The molecular weight excluding hydrogens is 420 g/mol.